The van der Waals surface area contributed by atoms with E-state index in [1.54, 1.807) is 4.90 Å². The van der Waals surface area contributed by atoms with Crippen LogP contribution in [0, 0.1) is 5.82 Å². The lowest BCUT2D eigenvalue weighted by atomic mass is 9.90. The number of para-hydroxylation sites is 1. The lowest BCUT2D eigenvalue weighted by molar-refractivity contribution is -0.139. The molecule has 316 valence electrons. The Kier molecular flexibility index (Phi) is 9.91. The third kappa shape index (κ3) is 7.23. The van der Waals surface area contributed by atoms with E-state index in [1.165, 1.54) is 12.4 Å². The molecule has 61 heavy (non-hydrogen) atoms. The first kappa shape index (κ1) is 39.1. The van der Waals surface area contributed by atoms with Crippen molar-refractivity contribution in [3.63, 3.8) is 0 Å². The van der Waals surface area contributed by atoms with E-state index in [4.69, 9.17) is 15.6 Å². The zero-order chi connectivity index (χ0) is 42.0. The highest BCUT2D eigenvalue weighted by Crippen LogP contribution is 2.41. The van der Waals surface area contributed by atoms with Crippen LogP contribution in [0.15, 0.2) is 73.1 Å². The first-order valence-corrected chi connectivity index (χ1v) is 20.9. The number of nitrogen functional groups attached to an aromatic ring is 1. The maximum atomic E-state index is 16.3. The molecule has 10 rings (SSSR count). The molecule has 4 fully saturated rings. The fraction of sp³-hybridized carbons (Fsp3) is 0.409. The zero-order valence-corrected chi connectivity index (χ0v) is 33.4. The third-order valence-electron chi connectivity index (χ3n) is 13.1. The Hall–Kier alpha value is -6.04. The molecule has 3 aromatic carbocycles. The van der Waals surface area contributed by atoms with Gasteiger partial charge >= 0.3 is 0 Å². The Morgan fingerprint density at radius 2 is 1.62 bits per heavy atom. The molecule has 0 aliphatic carbocycles. The van der Waals surface area contributed by atoms with Crippen LogP contribution in [-0.2, 0) is 9.59 Å². The monoisotopic (exact) mass is 832 g/mol. The van der Waals surface area contributed by atoms with Crippen LogP contribution in [0.25, 0.3) is 22.3 Å². The maximum absolute atomic E-state index is 16.3. The molecule has 4 N–H and O–H groups in total. The number of nitrogens with one attached hydrogen (secondary N) is 1. The van der Waals surface area contributed by atoms with Crippen LogP contribution in [-0.4, -0.2) is 121 Å². The van der Waals surface area contributed by atoms with E-state index in [0.717, 1.165) is 72.4 Å². The second-order valence-corrected chi connectivity index (χ2v) is 16.9. The van der Waals surface area contributed by atoms with Gasteiger partial charge in [0, 0.05) is 87.8 Å². The number of fused-ring (bicyclic) bond motifs is 2. The van der Waals surface area contributed by atoms with Gasteiger partial charge in [-0.25, -0.2) is 23.4 Å². The standard InChI is InChI=1S/C44H46F2N10O5/c45-33-20-31-32(43(60)55(42(31)59)34-10-11-36(57)50-41(34)58)21-35(33)54-18-14-44(46,15-19-54)24-52-22-28(23-52)53-16-12-27(13-17-53)56-40-37(39(47)48-25-49-40)38(51-56)26-6-8-30(9-7-26)61-29-4-2-1-3-5-29/h1-9,20-21,25,27-28,34,42,59H,10-19,22-24H2,(H2,47,48,49)(H,50,57,58). The third-order valence-corrected chi connectivity index (χ3v) is 13.1. The van der Waals surface area contributed by atoms with Crippen molar-refractivity contribution in [3.05, 3.63) is 90.0 Å². The summed E-state index contributed by atoms with van der Waals surface area (Å²) in [6, 6.07) is 19.3. The Morgan fingerprint density at radius 1 is 0.902 bits per heavy atom. The van der Waals surface area contributed by atoms with E-state index >= 15 is 8.78 Å². The van der Waals surface area contributed by atoms with Gasteiger partial charge in [-0.05, 0) is 67.8 Å². The Balaban J connectivity index is 0.728. The minimum absolute atomic E-state index is 0.0294. The molecular weight excluding hydrogens is 787 g/mol. The second-order valence-electron chi connectivity index (χ2n) is 16.9. The van der Waals surface area contributed by atoms with Crippen LogP contribution >= 0.6 is 0 Å². The van der Waals surface area contributed by atoms with Crippen molar-refractivity contribution in [1.82, 2.24) is 39.8 Å². The smallest absolute Gasteiger partial charge is 0.257 e. The summed E-state index contributed by atoms with van der Waals surface area (Å²) in [7, 11) is 0. The second kappa shape index (κ2) is 15.5. The number of carbonyl (C=O) groups excluding carboxylic acids is 3. The first-order chi connectivity index (χ1) is 29.5. The van der Waals surface area contributed by atoms with E-state index in [-0.39, 0.29) is 61.6 Å². The van der Waals surface area contributed by atoms with Crippen molar-refractivity contribution < 1.29 is 33.0 Å². The molecule has 5 aliphatic heterocycles. The summed E-state index contributed by atoms with van der Waals surface area (Å²) in [4.78, 5) is 53.8. The predicted molar refractivity (Wildman–Crippen MR) is 221 cm³/mol. The average molecular weight is 833 g/mol. The summed E-state index contributed by atoms with van der Waals surface area (Å²) < 4.78 is 39.8. The van der Waals surface area contributed by atoms with Crippen molar-refractivity contribution in [2.45, 2.75) is 68.5 Å². The highest BCUT2D eigenvalue weighted by atomic mass is 19.1. The molecule has 2 aromatic heterocycles. The van der Waals surface area contributed by atoms with Crippen molar-refractivity contribution in [2.24, 2.45) is 0 Å². The molecule has 0 bridgehead atoms. The molecule has 0 spiro atoms. The largest absolute Gasteiger partial charge is 0.457 e. The van der Waals surface area contributed by atoms with Gasteiger partial charge in [0.15, 0.2) is 11.9 Å². The molecule has 2 atom stereocenters. The van der Waals surface area contributed by atoms with E-state index in [0.29, 0.717) is 29.8 Å². The van der Waals surface area contributed by atoms with Crippen LogP contribution in [0.1, 0.15) is 66.7 Å². The number of imide groups is 1. The summed E-state index contributed by atoms with van der Waals surface area (Å²) in [5, 5.41) is 18.9. The number of halogens is 2. The zero-order valence-electron chi connectivity index (χ0n) is 33.4. The van der Waals surface area contributed by atoms with Crippen molar-refractivity contribution in [1.29, 1.82) is 0 Å². The molecule has 0 saturated carbocycles. The minimum atomic E-state index is -1.52. The summed E-state index contributed by atoms with van der Waals surface area (Å²) >= 11 is 0. The molecule has 5 aromatic rings. The molecule has 4 saturated heterocycles. The van der Waals surface area contributed by atoms with Crippen LogP contribution < -0.4 is 20.7 Å². The molecular formula is C44H46F2N10O5. The van der Waals surface area contributed by atoms with Crippen molar-refractivity contribution in [3.8, 4) is 22.8 Å². The quantitative estimate of drug-likeness (QED) is 0.177. The predicted octanol–water partition coefficient (Wildman–Crippen LogP) is 4.59. The minimum Gasteiger partial charge on any atom is -0.457 e. The molecule has 0 radical (unpaired) electrons. The normalized spacial score (nSPS) is 22.7. The van der Waals surface area contributed by atoms with Gasteiger partial charge in [0.05, 0.1) is 17.1 Å². The SMILES string of the molecule is Nc1ncnc2c1c(-c1ccc(Oc3ccccc3)cc1)nn2C1CCN(C2CN(CC3(F)CCN(c4cc5c(cc4F)C(O)N(C4CCC(=O)NC4=O)C5=O)CC3)C2)CC1. The highest BCUT2D eigenvalue weighted by Gasteiger charge is 2.46. The number of aliphatic hydroxyl groups is 1. The molecule has 17 heteroatoms. The van der Waals surface area contributed by atoms with Gasteiger partial charge in [0.1, 0.15) is 46.9 Å². The number of nitrogens with zero attached hydrogens (tertiary/aromatic N) is 8. The average Bonchev–Trinajstić information content (AvgIpc) is 3.75. The highest BCUT2D eigenvalue weighted by molar-refractivity contribution is 6.06. The summed E-state index contributed by atoms with van der Waals surface area (Å²) in [5.41, 5.74) is 7.65. The van der Waals surface area contributed by atoms with Crippen LogP contribution in [0.2, 0.25) is 0 Å². The number of aliphatic hydroxyl groups excluding tert-OH is 1. The number of ether oxygens (including phenoxy) is 1. The number of benzene rings is 3. The summed E-state index contributed by atoms with van der Waals surface area (Å²) in [5.74, 6) is -0.502. The van der Waals surface area contributed by atoms with Gasteiger partial charge in [-0.1, -0.05) is 18.2 Å². The Bertz CT molecular complexity index is 2500. The van der Waals surface area contributed by atoms with Crippen LogP contribution in [0.4, 0.5) is 20.3 Å². The fourth-order valence-electron chi connectivity index (χ4n) is 9.74. The van der Waals surface area contributed by atoms with Crippen molar-refractivity contribution in [2.75, 3.05) is 56.4 Å². The molecule has 5 aliphatic rings. The number of aromatic nitrogens is 4. The van der Waals surface area contributed by atoms with Gasteiger partial charge in [0.2, 0.25) is 11.8 Å². The Labute approximate surface area is 350 Å². The maximum Gasteiger partial charge on any atom is 0.257 e. The van der Waals surface area contributed by atoms with Gasteiger partial charge in [-0.15, -0.1) is 0 Å². The summed E-state index contributed by atoms with van der Waals surface area (Å²) in [6.45, 7) is 4.12. The van der Waals surface area contributed by atoms with Gasteiger partial charge in [-0.2, -0.15) is 5.10 Å². The molecule has 3 amide bonds. The number of anilines is 2. The lowest BCUT2D eigenvalue weighted by Crippen LogP contribution is -2.63. The lowest BCUT2D eigenvalue weighted by Gasteiger charge is -2.50. The van der Waals surface area contributed by atoms with E-state index in [9.17, 15) is 19.5 Å². The van der Waals surface area contributed by atoms with Crippen LogP contribution in [0.5, 0.6) is 11.5 Å². The van der Waals surface area contributed by atoms with E-state index < -0.39 is 41.5 Å². The van der Waals surface area contributed by atoms with E-state index in [2.05, 4.69) is 25.1 Å². The fourth-order valence-corrected chi connectivity index (χ4v) is 9.74. The summed E-state index contributed by atoms with van der Waals surface area (Å²) in [6.07, 6.45) is 2.22. The number of alkyl halides is 1. The number of rotatable bonds is 9. The molecule has 7 heterocycles. The van der Waals surface area contributed by atoms with Crippen molar-refractivity contribution >= 4 is 40.3 Å². The topological polar surface area (TPSA) is 175 Å². The number of likely N-dealkylation sites (tertiary alicyclic amines) is 2. The molecule has 2 unspecified atom stereocenters. The number of hydrogen-bond acceptors (Lipinski definition) is 12. The number of piperidine rings is 3. The van der Waals surface area contributed by atoms with Gasteiger partial charge in [0.25, 0.3) is 5.91 Å². The number of carbonyl (C=O) groups is 3. The van der Waals surface area contributed by atoms with E-state index in [1.807, 2.05) is 59.3 Å². The van der Waals surface area contributed by atoms with Gasteiger partial charge in [-0.3, -0.25) is 34.4 Å². The number of amides is 3. The first-order valence-electron chi connectivity index (χ1n) is 20.9. The van der Waals surface area contributed by atoms with Gasteiger partial charge < -0.3 is 20.5 Å². The number of nitrogens with two attached hydrogens (primary N) is 1. The van der Waals surface area contributed by atoms with Crippen LogP contribution in [0.3, 0.4) is 0 Å². The Morgan fingerprint density at radius 3 is 2.34 bits per heavy atom. The number of hydrogen-bond donors (Lipinski definition) is 3. The molecule has 15 nitrogen and oxygen atoms in total.